The van der Waals surface area contributed by atoms with E-state index in [0.717, 1.165) is 5.56 Å². The van der Waals surface area contributed by atoms with Crippen molar-refractivity contribution in [1.82, 2.24) is 0 Å². The third-order valence-electron chi connectivity index (χ3n) is 2.87. The fourth-order valence-corrected chi connectivity index (χ4v) is 1.90. The molecular weight excluding hydrogens is 244 g/mol. The highest BCUT2D eigenvalue weighted by Crippen LogP contribution is 2.27. The molecule has 92 valence electrons. The Morgan fingerprint density at radius 1 is 0.889 bits per heavy atom. The summed E-state index contributed by atoms with van der Waals surface area (Å²) in [5.41, 5.74) is 2.40. The molecule has 2 rings (SSSR count). The number of alkyl halides is 1. The minimum absolute atomic E-state index is 0.0366. The smallest absolute Gasteiger partial charge is 0.193 e. The molecular formula is C16H15ClO. The van der Waals surface area contributed by atoms with Crippen LogP contribution >= 0.6 is 11.6 Å². The lowest BCUT2D eigenvalue weighted by Crippen LogP contribution is -2.08. The predicted octanol–water partition coefficient (Wildman–Crippen LogP) is 4.39. The van der Waals surface area contributed by atoms with Crippen molar-refractivity contribution in [3.63, 3.8) is 0 Å². The van der Waals surface area contributed by atoms with Crippen LogP contribution in [0, 0.1) is 0 Å². The van der Waals surface area contributed by atoms with Crippen molar-refractivity contribution >= 4 is 17.4 Å². The van der Waals surface area contributed by atoms with E-state index in [1.807, 2.05) is 68.4 Å². The summed E-state index contributed by atoms with van der Waals surface area (Å²) in [5.74, 6) is 0.0366. The van der Waals surface area contributed by atoms with E-state index in [4.69, 9.17) is 11.6 Å². The molecule has 0 saturated heterocycles. The molecule has 0 fully saturated rings. The van der Waals surface area contributed by atoms with Crippen LogP contribution in [0.4, 0.5) is 0 Å². The summed E-state index contributed by atoms with van der Waals surface area (Å²) < 4.78 is 0. The van der Waals surface area contributed by atoms with Gasteiger partial charge in [0.15, 0.2) is 5.78 Å². The number of hydrogen-bond donors (Lipinski definition) is 0. The molecule has 0 aliphatic heterocycles. The summed E-state index contributed by atoms with van der Waals surface area (Å²) >= 11 is 6.22. The third-order valence-corrected chi connectivity index (χ3v) is 3.09. The summed E-state index contributed by atoms with van der Waals surface area (Å²) in [6.45, 7) is 3.87. The van der Waals surface area contributed by atoms with Crippen LogP contribution < -0.4 is 0 Å². The number of carbonyl (C=O) groups excluding carboxylic acids is 1. The van der Waals surface area contributed by atoms with E-state index in [2.05, 4.69) is 0 Å². The Balaban J connectivity index is 2.28. The zero-order chi connectivity index (χ0) is 13.2. The lowest BCUT2D eigenvalue weighted by molar-refractivity contribution is 0.103. The highest BCUT2D eigenvalue weighted by molar-refractivity contribution is 6.23. The van der Waals surface area contributed by atoms with E-state index >= 15 is 0 Å². The Hall–Kier alpha value is -1.60. The Labute approximate surface area is 112 Å². The number of carbonyl (C=O) groups is 1. The van der Waals surface area contributed by atoms with Crippen LogP contribution in [0.3, 0.4) is 0 Å². The van der Waals surface area contributed by atoms with E-state index in [-0.39, 0.29) is 5.78 Å². The van der Waals surface area contributed by atoms with Gasteiger partial charge in [-0.25, -0.2) is 0 Å². The lowest BCUT2D eigenvalue weighted by atomic mass is 9.97. The van der Waals surface area contributed by atoms with Crippen molar-refractivity contribution < 1.29 is 4.79 Å². The molecule has 2 heteroatoms. The van der Waals surface area contributed by atoms with Gasteiger partial charge >= 0.3 is 0 Å². The first-order valence-electron chi connectivity index (χ1n) is 5.88. The normalized spacial score (nSPS) is 11.3. The maximum atomic E-state index is 12.2. The van der Waals surface area contributed by atoms with Gasteiger partial charge in [0.05, 0.1) is 4.87 Å². The topological polar surface area (TPSA) is 17.1 Å². The second-order valence-corrected chi connectivity index (χ2v) is 5.69. The Kier molecular flexibility index (Phi) is 3.53. The van der Waals surface area contributed by atoms with Crippen LogP contribution in [-0.2, 0) is 4.87 Å². The molecule has 0 heterocycles. The van der Waals surface area contributed by atoms with Crippen LogP contribution in [0.25, 0.3) is 0 Å². The number of halogens is 1. The van der Waals surface area contributed by atoms with Crippen molar-refractivity contribution in [1.29, 1.82) is 0 Å². The molecule has 0 N–H and O–H groups in total. The van der Waals surface area contributed by atoms with Gasteiger partial charge in [0.25, 0.3) is 0 Å². The standard InChI is InChI=1S/C16H15ClO/c1-16(2,17)14-10-8-13(9-11-14)15(18)12-6-4-3-5-7-12/h3-11H,1-2H3. The second kappa shape index (κ2) is 4.95. The summed E-state index contributed by atoms with van der Waals surface area (Å²) in [4.78, 5) is 11.8. The Morgan fingerprint density at radius 2 is 1.39 bits per heavy atom. The summed E-state index contributed by atoms with van der Waals surface area (Å²) in [5, 5.41) is 0. The molecule has 2 aromatic rings. The average molecular weight is 259 g/mol. The van der Waals surface area contributed by atoms with Crippen LogP contribution in [-0.4, -0.2) is 5.78 Å². The lowest BCUT2D eigenvalue weighted by Gasteiger charge is -2.16. The van der Waals surface area contributed by atoms with Crippen molar-refractivity contribution in [3.05, 3.63) is 71.3 Å². The van der Waals surface area contributed by atoms with E-state index in [9.17, 15) is 4.79 Å². The number of rotatable bonds is 3. The van der Waals surface area contributed by atoms with E-state index < -0.39 is 4.87 Å². The van der Waals surface area contributed by atoms with Gasteiger partial charge in [-0.3, -0.25) is 4.79 Å². The van der Waals surface area contributed by atoms with Gasteiger partial charge in [0.1, 0.15) is 0 Å². The monoisotopic (exact) mass is 258 g/mol. The fourth-order valence-electron chi connectivity index (χ4n) is 1.77. The van der Waals surface area contributed by atoms with Gasteiger partial charge in [-0.1, -0.05) is 54.6 Å². The molecule has 0 saturated carbocycles. The number of benzene rings is 2. The van der Waals surface area contributed by atoms with Crippen LogP contribution in [0.15, 0.2) is 54.6 Å². The van der Waals surface area contributed by atoms with Gasteiger partial charge in [-0.05, 0) is 19.4 Å². The van der Waals surface area contributed by atoms with Crippen LogP contribution in [0.1, 0.15) is 35.3 Å². The maximum absolute atomic E-state index is 12.2. The first-order chi connectivity index (χ1) is 8.48. The van der Waals surface area contributed by atoms with Gasteiger partial charge < -0.3 is 0 Å². The summed E-state index contributed by atoms with van der Waals surface area (Å²) in [7, 11) is 0. The van der Waals surface area contributed by atoms with Gasteiger partial charge in [0, 0.05) is 11.1 Å². The van der Waals surface area contributed by atoms with Crippen molar-refractivity contribution in [3.8, 4) is 0 Å². The highest BCUT2D eigenvalue weighted by Gasteiger charge is 2.17. The quantitative estimate of drug-likeness (QED) is 0.589. The first kappa shape index (κ1) is 12.8. The fraction of sp³-hybridized carbons (Fsp3) is 0.188. The molecule has 0 aliphatic rings. The first-order valence-corrected chi connectivity index (χ1v) is 6.25. The molecule has 1 nitrogen and oxygen atoms in total. The summed E-state index contributed by atoms with van der Waals surface area (Å²) in [6, 6.07) is 16.7. The van der Waals surface area contributed by atoms with Gasteiger partial charge in [-0.2, -0.15) is 0 Å². The molecule has 0 spiro atoms. The van der Waals surface area contributed by atoms with E-state index in [1.54, 1.807) is 0 Å². The van der Waals surface area contributed by atoms with Crippen LogP contribution in [0.5, 0.6) is 0 Å². The molecule has 0 aliphatic carbocycles. The number of hydrogen-bond acceptors (Lipinski definition) is 1. The molecule has 0 amide bonds. The predicted molar refractivity (Wildman–Crippen MR) is 75.2 cm³/mol. The maximum Gasteiger partial charge on any atom is 0.193 e. The van der Waals surface area contributed by atoms with Gasteiger partial charge in [-0.15, -0.1) is 11.6 Å². The molecule has 0 aromatic heterocycles. The molecule has 0 unspecified atom stereocenters. The average Bonchev–Trinajstić information content (AvgIpc) is 2.38. The summed E-state index contributed by atoms with van der Waals surface area (Å²) in [6.07, 6.45) is 0. The largest absolute Gasteiger partial charge is 0.289 e. The third kappa shape index (κ3) is 2.80. The Bertz CT molecular complexity index is 536. The van der Waals surface area contributed by atoms with Crippen molar-refractivity contribution in [2.24, 2.45) is 0 Å². The molecule has 18 heavy (non-hydrogen) atoms. The zero-order valence-electron chi connectivity index (χ0n) is 10.5. The van der Waals surface area contributed by atoms with Gasteiger partial charge in [0.2, 0.25) is 0 Å². The zero-order valence-corrected chi connectivity index (χ0v) is 11.2. The van der Waals surface area contributed by atoms with Crippen molar-refractivity contribution in [2.75, 3.05) is 0 Å². The van der Waals surface area contributed by atoms with Crippen molar-refractivity contribution in [2.45, 2.75) is 18.7 Å². The molecule has 0 radical (unpaired) electrons. The molecule has 0 bridgehead atoms. The van der Waals surface area contributed by atoms with E-state index in [1.165, 1.54) is 0 Å². The van der Waals surface area contributed by atoms with E-state index in [0.29, 0.717) is 11.1 Å². The Morgan fingerprint density at radius 3 is 1.89 bits per heavy atom. The number of ketones is 1. The molecule has 0 atom stereocenters. The van der Waals surface area contributed by atoms with Crippen LogP contribution in [0.2, 0.25) is 0 Å². The highest BCUT2D eigenvalue weighted by atomic mass is 35.5. The second-order valence-electron chi connectivity index (χ2n) is 4.74. The minimum Gasteiger partial charge on any atom is -0.289 e. The minimum atomic E-state index is -0.408. The SMILES string of the molecule is CC(C)(Cl)c1ccc(C(=O)c2ccccc2)cc1. The molecule has 2 aromatic carbocycles.